The lowest BCUT2D eigenvalue weighted by Crippen LogP contribution is -2.45. The van der Waals surface area contributed by atoms with Crippen LogP contribution >= 0.6 is 0 Å². The lowest BCUT2D eigenvalue weighted by atomic mass is 10.1. The number of carbonyl (C=O) groups is 2. The second-order valence-corrected chi connectivity index (χ2v) is 10.8. The Hall–Kier alpha value is -4.12. The third-order valence-corrected chi connectivity index (χ3v) is 7.85. The number of hydrogen-bond acceptors (Lipinski definition) is 7. The molecule has 3 N–H and O–H groups in total. The number of hydrogen-bond donors (Lipinski definition) is 2. The summed E-state index contributed by atoms with van der Waals surface area (Å²) in [5.74, 6) is 1.25. The van der Waals surface area contributed by atoms with Gasteiger partial charge in [-0.2, -0.15) is 4.98 Å². The minimum atomic E-state index is -0.216. The van der Waals surface area contributed by atoms with E-state index in [4.69, 9.17) is 25.2 Å². The number of nitrogens with zero attached hydrogens (tertiary/aromatic N) is 5. The van der Waals surface area contributed by atoms with Gasteiger partial charge in [-0.15, -0.1) is 0 Å². The monoisotopic (exact) mass is 545 g/mol. The van der Waals surface area contributed by atoms with Gasteiger partial charge in [-0.1, -0.05) is 0 Å². The third kappa shape index (κ3) is 4.85. The van der Waals surface area contributed by atoms with Crippen LogP contribution in [0.5, 0.6) is 11.8 Å². The first-order chi connectivity index (χ1) is 19.4. The van der Waals surface area contributed by atoms with Gasteiger partial charge in [0.05, 0.1) is 18.5 Å². The minimum Gasteiger partial charge on any atom is -0.482 e. The first kappa shape index (κ1) is 26.1. The van der Waals surface area contributed by atoms with Crippen molar-refractivity contribution in [2.24, 2.45) is 11.7 Å². The van der Waals surface area contributed by atoms with Gasteiger partial charge >= 0.3 is 0 Å². The molecule has 4 aromatic heterocycles. The number of pyridine rings is 2. The number of aryl methyl sites for hydroxylation is 1. The van der Waals surface area contributed by atoms with Crippen LogP contribution in [-0.2, 0) is 11.3 Å². The van der Waals surface area contributed by atoms with Crippen LogP contribution in [0.1, 0.15) is 41.7 Å². The van der Waals surface area contributed by atoms with Gasteiger partial charge in [-0.3, -0.25) is 14.0 Å². The number of ether oxygens (including phenoxy) is 2. The van der Waals surface area contributed by atoms with E-state index in [0.29, 0.717) is 42.0 Å². The summed E-state index contributed by atoms with van der Waals surface area (Å²) in [5, 5.41) is 3.52. The molecule has 11 nitrogen and oxygen atoms in total. The van der Waals surface area contributed by atoms with Crippen molar-refractivity contribution >= 4 is 28.5 Å². The molecule has 1 saturated carbocycles. The lowest BCUT2D eigenvalue weighted by molar-refractivity contribution is -0.122. The van der Waals surface area contributed by atoms with Crippen LogP contribution in [0.3, 0.4) is 0 Å². The summed E-state index contributed by atoms with van der Waals surface area (Å²) in [6.07, 6.45) is 4.18. The molecule has 2 aliphatic rings. The van der Waals surface area contributed by atoms with E-state index in [1.165, 1.54) is 12.8 Å². The van der Waals surface area contributed by atoms with E-state index < -0.39 is 0 Å². The molecule has 5 heterocycles. The average Bonchev–Trinajstić information content (AvgIpc) is 3.64. The van der Waals surface area contributed by atoms with Crippen molar-refractivity contribution in [1.82, 2.24) is 29.2 Å². The predicted molar refractivity (Wildman–Crippen MR) is 151 cm³/mol. The number of methoxy groups -OCH3 is 1. The van der Waals surface area contributed by atoms with Gasteiger partial charge in [0.15, 0.2) is 12.5 Å². The second-order valence-electron chi connectivity index (χ2n) is 10.8. The number of nitrogens with two attached hydrogens (primary N) is 1. The number of nitrogens with one attached hydrogen (secondary N) is 1. The Morgan fingerprint density at radius 2 is 1.98 bits per heavy atom. The molecule has 0 unspecified atom stereocenters. The van der Waals surface area contributed by atoms with Crippen molar-refractivity contribution in [3.63, 3.8) is 0 Å². The molecule has 4 aromatic rings. The van der Waals surface area contributed by atoms with Crippen LogP contribution in [-0.4, -0.2) is 75.5 Å². The molecule has 2 amide bonds. The molecule has 0 bridgehead atoms. The Morgan fingerprint density at radius 1 is 1.15 bits per heavy atom. The number of carbonyl (C=O) groups excluding carboxylic acids is 2. The fourth-order valence-electron chi connectivity index (χ4n) is 5.51. The second kappa shape index (κ2) is 10.5. The largest absolute Gasteiger partial charge is 0.482 e. The first-order valence-electron chi connectivity index (χ1n) is 13.8. The Morgan fingerprint density at radius 3 is 2.70 bits per heavy atom. The number of likely N-dealkylation sites (N-methyl/N-ethyl adjacent to an activating group) is 1. The Bertz CT molecular complexity index is 1600. The molecule has 1 saturated heterocycles. The van der Waals surface area contributed by atoms with Crippen LogP contribution in [0.25, 0.3) is 28.1 Å². The quantitative estimate of drug-likeness (QED) is 0.348. The summed E-state index contributed by atoms with van der Waals surface area (Å²) in [7, 11) is 3.18. The highest BCUT2D eigenvalue weighted by atomic mass is 16.5. The van der Waals surface area contributed by atoms with Crippen LogP contribution in [0.15, 0.2) is 30.3 Å². The van der Waals surface area contributed by atoms with Gasteiger partial charge in [-0.05, 0) is 56.7 Å². The fourth-order valence-corrected chi connectivity index (χ4v) is 5.51. The molecule has 0 radical (unpaired) electrons. The van der Waals surface area contributed by atoms with Crippen molar-refractivity contribution in [2.75, 3.05) is 33.9 Å². The van der Waals surface area contributed by atoms with Crippen molar-refractivity contribution in [3.8, 4) is 23.1 Å². The maximum Gasteiger partial charge on any atom is 0.257 e. The predicted octanol–water partition coefficient (Wildman–Crippen LogP) is 2.77. The van der Waals surface area contributed by atoms with Gasteiger partial charge in [0.1, 0.15) is 17.0 Å². The number of amides is 2. The summed E-state index contributed by atoms with van der Waals surface area (Å²) in [4.78, 5) is 36.7. The van der Waals surface area contributed by atoms with Crippen molar-refractivity contribution in [3.05, 3.63) is 41.6 Å². The number of fused-ring (bicyclic) bond motifs is 2. The zero-order chi connectivity index (χ0) is 28.0. The first-order valence-corrected chi connectivity index (χ1v) is 13.8. The summed E-state index contributed by atoms with van der Waals surface area (Å²) in [6.45, 7) is 3.97. The molecule has 11 heteroatoms. The van der Waals surface area contributed by atoms with Crippen LogP contribution < -0.4 is 20.5 Å². The molecule has 6 rings (SSSR count). The molecule has 210 valence electrons. The van der Waals surface area contributed by atoms with Crippen LogP contribution in [0, 0.1) is 12.8 Å². The van der Waals surface area contributed by atoms with Crippen molar-refractivity contribution < 1.29 is 19.1 Å². The molecule has 2 fully saturated rings. The number of aromatic nitrogens is 4. The Labute approximate surface area is 232 Å². The van der Waals surface area contributed by atoms with Crippen LogP contribution in [0.4, 0.5) is 0 Å². The van der Waals surface area contributed by atoms with Gasteiger partial charge < -0.3 is 30.0 Å². The number of likely N-dealkylation sites (tertiary alicyclic amines) is 1. The molecule has 0 spiro atoms. The SMILES string of the molecule is CNC(=O)COc1ccc2cc(-c3nc4cc(C(=O)N5CCC[C@@H](N)C5)cc(OC)n4c3C)n(CC3CC3)c2n1. The minimum absolute atomic E-state index is 0.000288. The van der Waals surface area contributed by atoms with E-state index in [2.05, 4.69) is 16.0 Å². The number of rotatable bonds is 8. The molecule has 0 aromatic carbocycles. The molecular formula is C29H35N7O4. The maximum absolute atomic E-state index is 13.4. The molecule has 1 atom stereocenters. The summed E-state index contributed by atoms with van der Waals surface area (Å²) in [6, 6.07) is 9.44. The average molecular weight is 546 g/mol. The molecule has 40 heavy (non-hydrogen) atoms. The standard InChI is InChI=1S/C29H35N7O4/c1-17-27(32-23-12-20(13-26(39-3)36(17)23)29(38)34-10-4-5-21(30)15-34)22-11-19-8-9-25(40-16-24(37)31-2)33-28(19)35(22)14-18-6-7-18/h8-9,11-13,18,21H,4-7,10,14-16,30H2,1-3H3,(H,31,37)/t21-/m1/s1. The summed E-state index contributed by atoms with van der Waals surface area (Å²) >= 11 is 0. The molecule has 1 aliphatic carbocycles. The smallest absolute Gasteiger partial charge is 0.257 e. The Balaban J connectivity index is 1.43. The van der Waals surface area contributed by atoms with Crippen LogP contribution in [0.2, 0.25) is 0 Å². The number of piperidine rings is 1. The Kier molecular flexibility index (Phi) is 6.83. The lowest BCUT2D eigenvalue weighted by Gasteiger charge is -2.30. The van der Waals surface area contributed by atoms with Gasteiger partial charge in [0.25, 0.3) is 11.8 Å². The molecule has 1 aliphatic heterocycles. The van der Waals surface area contributed by atoms with Gasteiger partial charge in [0, 0.05) is 55.8 Å². The van der Waals surface area contributed by atoms with E-state index in [1.807, 2.05) is 28.4 Å². The van der Waals surface area contributed by atoms with E-state index in [0.717, 1.165) is 47.5 Å². The van der Waals surface area contributed by atoms with E-state index >= 15 is 0 Å². The third-order valence-electron chi connectivity index (χ3n) is 7.85. The van der Waals surface area contributed by atoms with E-state index in [-0.39, 0.29) is 24.5 Å². The zero-order valence-corrected chi connectivity index (χ0v) is 23.1. The highest BCUT2D eigenvalue weighted by Gasteiger charge is 2.28. The van der Waals surface area contributed by atoms with Gasteiger partial charge in [-0.25, -0.2) is 4.98 Å². The highest BCUT2D eigenvalue weighted by molar-refractivity contribution is 5.96. The summed E-state index contributed by atoms with van der Waals surface area (Å²) < 4.78 is 15.5. The summed E-state index contributed by atoms with van der Waals surface area (Å²) in [5.41, 5.74) is 10.7. The fraction of sp³-hybridized carbons (Fsp3) is 0.448. The molecular weight excluding hydrogens is 510 g/mol. The van der Waals surface area contributed by atoms with Crippen molar-refractivity contribution in [1.29, 1.82) is 0 Å². The zero-order valence-electron chi connectivity index (χ0n) is 23.1. The maximum atomic E-state index is 13.4. The van der Waals surface area contributed by atoms with Crippen molar-refractivity contribution in [2.45, 2.75) is 45.2 Å². The normalized spacial score (nSPS) is 17.4. The number of imidazole rings is 1. The van der Waals surface area contributed by atoms with E-state index in [1.54, 1.807) is 26.3 Å². The highest BCUT2D eigenvalue weighted by Crippen LogP contribution is 2.37. The van der Waals surface area contributed by atoms with E-state index in [9.17, 15) is 9.59 Å². The van der Waals surface area contributed by atoms with Gasteiger partial charge in [0.2, 0.25) is 5.88 Å². The topological polar surface area (TPSA) is 129 Å².